The lowest BCUT2D eigenvalue weighted by Gasteiger charge is -2.09. The van der Waals surface area contributed by atoms with Crippen molar-refractivity contribution in [3.63, 3.8) is 0 Å². The van der Waals surface area contributed by atoms with Crippen molar-refractivity contribution in [1.82, 2.24) is 10.3 Å². The smallest absolute Gasteiger partial charge is 0.267 e. The van der Waals surface area contributed by atoms with Crippen LogP contribution in [-0.2, 0) is 17.8 Å². The highest BCUT2D eigenvalue weighted by atomic mass is 32.1. The fraction of sp³-hybridized carbons (Fsp3) is 0.0833. The summed E-state index contributed by atoms with van der Waals surface area (Å²) in [7, 11) is 0. The monoisotopic (exact) mass is 494 g/mol. The van der Waals surface area contributed by atoms with Gasteiger partial charge in [0.2, 0.25) is 5.91 Å². The van der Waals surface area contributed by atoms with Crippen molar-refractivity contribution in [2.45, 2.75) is 13.0 Å². The Balaban J connectivity index is 1.27. The summed E-state index contributed by atoms with van der Waals surface area (Å²) in [5, 5.41) is 12.2. The van der Waals surface area contributed by atoms with Crippen molar-refractivity contribution in [2.75, 3.05) is 10.6 Å². The second-order valence-corrected chi connectivity index (χ2v) is 9.00. The Morgan fingerprint density at radius 3 is 2.56 bits per heavy atom. The molecule has 10 heteroatoms. The predicted molar refractivity (Wildman–Crippen MR) is 131 cm³/mol. The molecule has 7 nitrogen and oxygen atoms in total. The molecule has 3 amide bonds. The Hall–Kier alpha value is -3.89. The SMILES string of the molecule is O=C(Cc1csc(NC(=O)c2cccs2)n1)NCc1cccc(NC(=O)c2cccc(F)c2)c1. The van der Waals surface area contributed by atoms with Gasteiger partial charge in [0.25, 0.3) is 11.8 Å². The minimum absolute atomic E-state index is 0.0708. The number of carbonyl (C=O) groups is 3. The summed E-state index contributed by atoms with van der Waals surface area (Å²) in [6.45, 7) is 0.259. The van der Waals surface area contributed by atoms with Crippen molar-refractivity contribution in [1.29, 1.82) is 0 Å². The molecular weight excluding hydrogens is 475 g/mol. The number of halogens is 1. The summed E-state index contributed by atoms with van der Waals surface area (Å²) >= 11 is 2.59. The number of thiophene rings is 1. The molecule has 2 aromatic carbocycles. The van der Waals surface area contributed by atoms with Gasteiger partial charge in [-0.25, -0.2) is 9.37 Å². The van der Waals surface area contributed by atoms with Crippen LogP contribution in [-0.4, -0.2) is 22.7 Å². The van der Waals surface area contributed by atoms with Gasteiger partial charge in [0.15, 0.2) is 5.13 Å². The van der Waals surface area contributed by atoms with Crippen LogP contribution in [0.1, 0.15) is 31.3 Å². The molecule has 0 saturated heterocycles. The molecule has 0 radical (unpaired) electrons. The van der Waals surface area contributed by atoms with Gasteiger partial charge < -0.3 is 10.6 Å². The van der Waals surface area contributed by atoms with E-state index in [2.05, 4.69) is 20.9 Å². The van der Waals surface area contributed by atoms with Crippen LogP contribution in [0.4, 0.5) is 15.2 Å². The van der Waals surface area contributed by atoms with Gasteiger partial charge in [-0.1, -0.05) is 24.3 Å². The summed E-state index contributed by atoms with van der Waals surface area (Å²) in [6.07, 6.45) is 0.0708. The van der Waals surface area contributed by atoms with Crippen molar-refractivity contribution in [3.8, 4) is 0 Å². The van der Waals surface area contributed by atoms with Crippen LogP contribution < -0.4 is 16.0 Å². The highest BCUT2D eigenvalue weighted by Gasteiger charge is 2.12. The van der Waals surface area contributed by atoms with Crippen LogP contribution in [0.5, 0.6) is 0 Å². The van der Waals surface area contributed by atoms with Crippen molar-refractivity contribution >= 4 is 51.2 Å². The third kappa shape index (κ3) is 6.33. The molecule has 0 aliphatic heterocycles. The van der Waals surface area contributed by atoms with E-state index in [0.717, 1.165) is 11.6 Å². The maximum atomic E-state index is 13.3. The minimum atomic E-state index is -0.485. The molecule has 2 heterocycles. The molecule has 0 spiro atoms. The van der Waals surface area contributed by atoms with Crippen molar-refractivity contribution < 1.29 is 18.8 Å². The molecule has 0 fully saturated rings. The number of hydrogen-bond acceptors (Lipinski definition) is 6. The normalized spacial score (nSPS) is 10.5. The Labute approximate surface area is 202 Å². The fourth-order valence-corrected chi connectivity index (χ4v) is 4.36. The number of nitrogens with one attached hydrogen (secondary N) is 3. The number of benzene rings is 2. The second-order valence-electron chi connectivity index (χ2n) is 7.19. The average Bonchev–Trinajstić information content (AvgIpc) is 3.51. The first-order chi connectivity index (χ1) is 16.5. The quantitative estimate of drug-likeness (QED) is 0.330. The van der Waals surface area contributed by atoms with E-state index < -0.39 is 11.7 Å². The van der Waals surface area contributed by atoms with E-state index in [0.29, 0.717) is 21.4 Å². The fourth-order valence-electron chi connectivity index (χ4n) is 3.03. The highest BCUT2D eigenvalue weighted by molar-refractivity contribution is 7.14. The van der Waals surface area contributed by atoms with Gasteiger partial charge in [-0.3, -0.25) is 19.7 Å². The van der Waals surface area contributed by atoms with Gasteiger partial charge in [0.05, 0.1) is 17.0 Å². The summed E-state index contributed by atoms with van der Waals surface area (Å²) in [4.78, 5) is 41.6. The molecule has 0 bridgehead atoms. The Morgan fingerprint density at radius 1 is 0.912 bits per heavy atom. The number of amides is 3. The largest absolute Gasteiger partial charge is 0.352 e. The van der Waals surface area contributed by atoms with Crippen molar-refractivity contribution in [2.24, 2.45) is 0 Å². The van der Waals surface area contributed by atoms with Gasteiger partial charge in [0.1, 0.15) is 5.82 Å². The number of anilines is 2. The van der Waals surface area contributed by atoms with E-state index >= 15 is 0 Å². The van der Waals surface area contributed by atoms with Gasteiger partial charge in [-0.2, -0.15) is 0 Å². The number of rotatable bonds is 8. The van der Waals surface area contributed by atoms with E-state index in [9.17, 15) is 18.8 Å². The number of thiazole rings is 1. The second kappa shape index (κ2) is 10.8. The maximum Gasteiger partial charge on any atom is 0.267 e. The zero-order valence-corrected chi connectivity index (χ0v) is 19.3. The third-order valence-corrected chi connectivity index (χ3v) is 6.30. The first kappa shape index (κ1) is 23.3. The number of hydrogen-bond donors (Lipinski definition) is 3. The Morgan fingerprint density at radius 2 is 1.76 bits per heavy atom. The molecule has 34 heavy (non-hydrogen) atoms. The first-order valence-electron chi connectivity index (χ1n) is 10.2. The van der Waals surface area contributed by atoms with E-state index in [4.69, 9.17) is 0 Å². The average molecular weight is 495 g/mol. The minimum Gasteiger partial charge on any atom is -0.352 e. The predicted octanol–water partition coefficient (Wildman–Crippen LogP) is 4.71. The van der Waals surface area contributed by atoms with Crippen LogP contribution >= 0.6 is 22.7 Å². The number of carbonyl (C=O) groups excluding carboxylic acids is 3. The lowest BCUT2D eigenvalue weighted by atomic mass is 10.1. The molecule has 4 aromatic rings. The van der Waals surface area contributed by atoms with Crippen LogP contribution in [0.25, 0.3) is 0 Å². The highest BCUT2D eigenvalue weighted by Crippen LogP contribution is 2.18. The molecule has 0 saturated carbocycles. The topological polar surface area (TPSA) is 100 Å². The van der Waals surface area contributed by atoms with Crippen LogP contribution in [0.2, 0.25) is 0 Å². The maximum absolute atomic E-state index is 13.3. The molecule has 0 unspecified atom stereocenters. The van der Waals surface area contributed by atoms with Crippen molar-refractivity contribution in [3.05, 3.63) is 98.9 Å². The molecule has 172 valence electrons. The van der Waals surface area contributed by atoms with Crippen LogP contribution in [0, 0.1) is 5.82 Å². The Bertz CT molecular complexity index is 1320. The molecule has 0 aliphatic rings. The lowest BCUT2D eigenvalue weighted by molar-refractivity contribution is -0.120. The molecular formula is C24H19FN4O3S2. The summed E-state index contributed by atoms with van der Waals surface area (Å²) < 4.78 is 13.3. The number of nitrogens with zero attached hydrogens (tertiary/aromatic N) is 1. The zero-order chi connectivity index (χ0) is 23.9. The van der Waals surface area contributed by atoms with E-state index in [-0.39, 0.29) is 30.3 Å². The van der Waals surface area contributed by atoms with Gasteiger partial charge in [-0.15, -0.1) is 22.7 Å². The molecule has 0 aliphatic carbocycles. The van der Waals surface area contributed by atoms with Crippen LogP contribution in [0.3, 0.4) is 0 Å². The van der Waals surface area contributed by atoms with Gasteiger partial charge in [0, 0.05) is 23.2 Å². The van der Waals surface area contributed by atoms with E-state index in [1.807, 2.05) is 11.4 Å². The molecule has 4 rings (SSSR count). The third-order valence-electron chi connectivity index (χ3n) is 4.62. The zero-order valence-electron chi connectivity index (χ0n) is 17.7. The Kier molecular flexibility index (Phi) is 7.41. The van der Waals surface area contributed by atoms with E-state index in [1.54, 1.807) is 35.7 Å². The summed E-state index contributed by atoms with van der Waals surface area (Å²) in [5.41, 5.74) is 2.09. The summed E-state index contributed by atoms with van der Waals surface area (Å²) in [5.74, 6) is -1.37. The molecule has 2 aromatic heterocycles. The lowest BCUT2D eigenvalue weighted by Crippen LogP contribution is -2.24. The standard InChI is InChI=1S/C24H19FN4O3S2/c25-17-6-2-5-16(11-17)22(31)27-18-7-1-4-15(10-18)13-26-21(30)12-19-14-34-24(28-19)29-23(32)20-8-3-9-33-20/h1-11,14H,12-13H2,(H,26,30)(H,27,31)(H,28,29,32). The van der Waals surface area contributed by atoms with Crippen LogP contribution in [0.15, 0.2) is 71.4 Å². The van der Waals surface area contributed by atoms with E-state index in [1.165, 1.54) is 40.9 Å². The first-order valence-corrected chi connectivity index (χ1v) is 11.9. The number of aromatic nitrogens is 1. The molecule has 0 atom stereocenters. The summed E-state index contributed by atoms with van der Waals surface area (Å²) in [6, 6.07) is 16.0. The van der Waals surface area contributed by atoms with Gasteiger partial charge in [-0.05, 0) is 47.3 Å². The molecule has 3 N–H and O–H groups in total. The van der Waals surface area contributed by atoms with Gasteiger partial charge >= 0.3 is 0 Å².